The Balaban J connectivity index is 2.61. The van der Waals surface area contributed by atoms with Gasteiger partial charge in [-0.1, -0.05) is 6.07 Å². The molecule has 2 heterocycles. The Morgan fingerprint density at radius 2 is 2.24 bits per heavy atom. The molecule has 0 aliphatic heterocycles. The van der Waals surface area contributed by atoms with Crippen LogP contribution in [-0.4, -0.2) is 21.0 Å². The van der Waals surface area contributed by atoms with Crippen molar-refractivity contribution in [2.75, 3.05) is 0 Å². The van der Waals surface area contributed by atoms with Gasteiger partial charge in [-0.2, -0.15) is 5.26 Å². The van der Waals surface area contributed by atoms with Gasteiger partial charge in [0.15, 0.2) is 5.69 Å². The zero-order chi connectivity index (χ0) is 12.3. The van der Waals surface area contributed by atoms with E-state index >= 15 is 0 Å². The van der Waals surface area contributed by atoms with E-state index in [0.717, 1.165) is 0 Å². The van der Waals surface area contributed by atoms with Gasteiger partial charge in [0.25, 0.3) is 0 Å². The van der Waals surface area contributed by atoms with Gasteiger partial charge in [0, 0.05) is 29.7 Å². The second-order valence-corrected chi connectivity index (χ2v) is 3.28. The molecule has 17 heavy (non-hydrogen) atoms. The highest BCUT2D eigenvalue weighted by Crippen LogP contribution is 2.21. The monoisotopic (exact) mass is 225 g/mol. The first kappa shape index (κ1) is 10.8. The highest BCUT2D eigenvalue weighted by atomic mass is 16.4. The normalized spacial score (nSPS) is 9.59. The largest absolute Gasteiger partial charge is 0.476 e. The number of carbonyl (C=O) groups is 1. The van der Waals surface area contributed by atoms with Crippen LogP contribution < -0.4 is 0 Å². The second-order valence-electron chi connectivity index (χ2n) is 3.28. The molecule has 2 aromatic rings. The van der Waals surface area contributed by atoms with Crippen molar-refractivity contribution < 1.29 is 9.90 Å². The van der Waals surface area contributed by atoms with Crippen LogP contribution in [0.2, 0.25) is 0 Å². The lowest BCUT2D eigenvalue weighted by Crippen LogP contribution is -2.02. The fourth-order valence-corrected chi connectivity index (χ4v) is 1.46. The molecule has 0 aliphatic rings. The SMILES string of the molecule is N#Cc1cncc(-c2cccnc2C(=O)O)c1. The molecule has 0 aromatic carbocycles. The lowest BCUT2D eigenvalue weighted by atomic mass is 10.0. The minimum absolute atomic E-state index is 0.0515. The molecule has 0 saturated carbocycles. The number of aromatic carboxylic acids is 1. The van der Waals surface area contributed by atoms with E-state index in [2.05, 4.69) is 9.97 Å². The lowest BCUT2D eigenvalue weighted by Gasteiger charge is -2.04. The minimum Gasteiger partial charge on any atom is -0.476 e. The molecule has 0 amide bonds. The number of aromatic nitrogens is 2. The average molecular weight is 225 g/mol. The minimum atomic E-state index is -1.11. The van der Waals surface area contributed by atoms with Crippen LogP contribution in [0.4, 0.5) is 0 Å². The number of hydrogen-bond acceptors (Lipinski definition) is 4. The van der Waals surface area contributed by atoms with Crippen molar-refractivity contribution in [3.8, 4) is 17.2 Å². The maximum Gasteiger partial charge on any atom is 0.355 e. The molecule has 0 atom stereocenters. The van der Waals surface area contributed by atoms with Gasteiger partial charge >= 0.3 is 5.97 Å². The molecule has 2 aromatic heterocycles. The Hall–Kier alpha value is -2.74. The van der Waals surface area contributed by atoms with Crippen LogP contribution in [0, 0.1) is 11.3 Å². The summed E-state index contributed by atoms with van der Waals surface area (Å²) in [5.74, 6) is -1.11. The highest BCUT2D eigenvalue weighted by Gasteiger charge is 2.12. The Morgan fingerprint density at radius 1 is 1.41 bits per heavy atom. The molecule has 0 saturated heterocycles. The van der Waals surface area contributed by atoms with Gasteiger partial charge in [0.2, 0.25) is 0 Å². The average Bonchev–Trinajstić information content (AvgIpc) is 2.39. The fourth-order valence-electron chi connectivity index (χ4n) is 1.46. The number of pyridine rings is 2. The van der Waals surface area contributed by atoms with E-state index in [1.54, 1.807) is 18.2 Å². The lowest BCUT2D eigenvalue weighted by molar-refractivity contribution is 0.0691. The van der Waals surface area contributed by atoms with E-state index in [0.29, 0.717) is 16.7 Å². The van der Waals surface area contributed by atoms with Crippen LogP contribution in [0.25, 0.3) is 11.1 Å². The topological polar surface area (TPSA) is 86.9 Å². The van der Waals surface area contributed by atoms with Crippen LogP contribution in [0.1, 0.15) is 16.1 Å². The maximum atomic E-state index is 11.0. The van der Waals surface area contributed by atoms with Gasteiger partial charge in [0.05, 0.1) is 5.56 Å². The standard InChI is InChI=1S/C12H7N3O2/c13-5-8-4-9(7-14-6-8)10-2-1-3-15-11(10)12(16)17/h1-4,6-7H,(H,16,17). The number of rotatable bonds is 2. The van der Waals surface area contributed by atoms with Crippen LogP contribution >= 0.6 is 0 Å². The first-order valence-electron chi connectivity index (χ1n) is 4.76. The van der Waals surface area contributed by atoms with Crippen molar-refractivity contribution in [3.05, 3.63) is 48.0 Å². The summed E-state index contributed by atoms with van der Waals surface area (Å²) < 4.78 is 0. The summed E-state index contributed by atoms with van der Waals surface area (Å²) in [7, 11) is 0. The summed E-state index contributed by atoms with van der Waals surface area (Å²) in [6, 6.07) is 6.81. The van der Waals surface area contributed by atoms with Crippen molar-refractivity contribution in [3.63, 3.8) is 0 Å². The first-order chi connectivity index (χ1) is 8.22. The van der Waals surface area contributed by atoms with Crippen LogP contribution in [0.3, 0.4) is 0 Å². The van der Waals surface area contributed by atoms with Crippen LogP contribution in [-0.2, 0) is 0 Å². The molecule has 0 unspecified atom stereocenters. The molecule has 0 radical (unpaired) electrons. The van der Waals surface area contributed by atoms with Gasteiger partial charge in [-0.05, 0) is 12.1 Å². The summed E-state index contributed by atoms with van der Waals surface area (Å²) in [4.78, 5) is 18.7. The van der Waals surface area contributed by atoms with Crippen molar-refractivity contribution in [2.45, 2.75) is 0 Å². The number of hydrogen-bond donors (Lipinski definition) is 1. The summed E-state index contributed by atoms with van der Waals surface area (Å²) >= 11 is 0. The molecular weight excluding hydrogens is 218 g/mol. The molecule has 0 fully saturated rings. The van der Waals surface area contributed by atoms with E-state index in [-0.39, 0.29) is 5.69 Å². The molecule has 1 N–H and O–H groups in total. The number of carboxylic acids is 1. The summed E-state index contributed by atoms with van der Waals surface area (Å²) in [6.45, 7) is 0. The van der Waals surface area contributed by atoms with Crippen molar-refractivity contribution in [1.82, 2.24) is 9.97 Å². The number of nitriles is 1. The van der Waals surface area contributed by atoms with Crippen molar-refractivity contribution in [1.29, 1.82) is 5.26 Å². The predicted molar refractivity (Wildman–Crippen MR) is 59.1 cm³/mol. The molecule has 82 valence electrons. The fraction of sp³-hybridized carbons (Fsp3) is 0. The van der Waals surface area contributed by atoms with Crippen molar-refractivity contribution >= 4 is 5.97 Å². The van der Waals surface area contributed by atoms with Crippen molar-refractivity contribution in [2.24, 2.45) is 0 Å². The summed E-state index contributed by atoms with van der Waals surface area (Å²) in [5.41, 5.74) is 1.34. The van der Waals surface area contributed by atoms with E-state index in [4.69, 9.17) is 10.4 Å². The molecule has 5 heteroatoms. The van der Waals surface area contributed by atoms with E-state index in [1.807, 2.05) is 6.07 Å². The predicted octanol–water partition coefficient (Wildman–Crippen LogP) is 1.71. The summed E-state index contributed by atoms with van der Waals surface area (Å²) in [6.07, 6.45) is 4.33. The zero-order valence-corrected chi connectivity index (χ0v) is 8.66. The zero-order valence-electron chi connectivity index (χ0n) is 8.66. The highest BCUT2D eigenvalue weighted by molar-refractivity contribution is 5.93. The van der Waals surface area contributed by atoms with Gasteiger partial charge < -0.3 is 5.11 Å². The quantitative estimate of drug-likeness (QED) is 0.840. The van der Waals surface area contributed by atoms with Crippen LogP contribution in [0.5, 0.6) is 0 Å². The molecule has 0 aliphatic carbocycles. The molecule has 2 rings (SSSR count). The van der Waals surface area contributed by atoms with Gasteiger partial charge in [-0.25, -0.2) is 9.78 Å². The third-order valence-corrected chi connectivity index (χ3v) is 2.19. The Bertz CT molecular complexity index is 617. The van der Waals surface area contributed by atoms with Gasteiger partial charge in [-0.15, -0.1) is 0 Å². The Labute approximate surface area is 97.0 Å². The second kappa shape index (κ2) is 4.41. The van der Waals surface area contributed by atoms with Gasteiger partial charge in [0.1, 0.15) is 6.07 Å². The van der Waals surface area contributed by atoms with E-state index in [9.17, 15) is 4.79 Å². The first-order valence-corrected chi connectivity index (χ1v) is 4.76. The van der Waals surface area contributed by atoms with E-state index < -0.39 is 5.97 Å². The molecular formula is C12H7N3O2. The maximum absolute atomic E-state index is 11.0. The van der Waals surface area contributed by atoms with E-state index in [1.165, 1.54) is 18.6 Å². The number of carboxylic acid groups (broad SMARTS) is 1. The van der Waals surface area contributed by atoms with Gasteiger partial charge in [-0.3, -0.25) is 4.98 Å². The molecule has 0 spiro atoms. The number of nitrogens with zero attached hydrogens (tertiary/aromatic N) is 3. The van der Waals surface area contributed by atoms with Crippen LogP contribution in [0.15, 0.2) is 36.8 Å². The smallest absolute Gasteiger partial charge is 0.355 e. The molecule has 0 bridgehead atoms. The summed E-state index contributed by atoms with van der Waals surface area (Å²) in [5, 5.41) is 17.8. The third-order valence-electron chi connectivity index (χ3n) is 2.19. The molecule has 5 nitrogen and oxygen atoms in total. The third kappa shape index (κ3) is 2.11. The Kier molecular flexibility index (Phi) is 2.79. The Morgan fingerprint density at radius 3 is 2.94 bits per heavy atom.